The number of amides is 1. The molecule has 0 aromatic heterocycles. The molecule has 1 aliphatic heterocycles. The van der Waals surface area contributed by atoms with Gasteiger partial charge in [-0.25, -0.2) is 0 Å². The minimum absolute atomic E-state index is 0.120. The summed E-state index contributed by atoms with van der Waals surface area (Å²) in [6.45, 7) is 12.9. The van der Waals surface area contributed by atoms with Gasteiger partial charge in [0.05, 0.1) is 0 Å². The van der Waals surface area contributed by atoms with Crippen LogP contribution >= 0.6 is 0 Å². The van der Waals surface area contributed by atoms with E-state index in [1.54, 1.807) is 11.1 Å². The van der Waals surface area contributed by atoms with Crippen molar-refractivity contribution < 1.29 is 4.79 Å². The quantitative estimate of drug-likeness (QED) is 0.603. The number of hydrogen-bond donors (Lipinski definition) is 0. The minimum atomic E-state index is -0.158. The summed E-state index contributed by atoms with van der Waals surface area (Å²) in [6, 6.07) is 12.5. The Kier molecular flexibility index (Phi) is 6.82. The molecule has 0 saturated carbocycles. The third kappa shape index (κ3) is 5.34. The highest BCUT2D eigenvalue weighted by Gasteiger charge is 2.25. The fraction of sp³-hybridized carbons (Fsp3) is 0.524. The van der Waals surface area contributed by atoms with Gasteiger partial charge in [-0.2, -0.15) is 5.26 Å². The first kappa shape index (κ1) is 20.0. The van der Waals surface area contributed by atoms with Gasteiger partial charge in [0.15, 0.2) is 0 Å². The second-order valence-electron chi connectivity index (χ2n) is 7.67. The maximum atomic E-state index is 12.8. The maximum Gasteiger partial charge on any atom is 0.266 e. The number of rotatable bonds is 5. The maximum absolute atomic E-state index is 12.8. The van der Waals surface area contributed by atoms with Crippen molar-refractivity contribution >= 4 is 5.91 Å². The molecular formula is C21H30N4O. The van der Waals surface area contributed by atoms with Crippen LogP contribution in [-0.2, 0) is 11.3 Å². The summed E-state index contributed by atoms with van der Waals surface area (Å²) in [5, 5.41) is 9.48. The second kappa shape index (κ2) is 8.86. The molecule has 5 nitrogen and oxygen atoms in total. The van der Waals surface area contributed by atoms with E-state index in [4.69, 9.17) is 0 Å². The lowest BCUT2D eigenvalue weighted by Crippen LogP contribution is -2.49. The molecule has 0 atom stereocenters. The Hall–Kier alpha value is -2.32. The van der Waals surface area contributed by atoms with Crippen molar-refractivity contribution in [2.75, 3.05) is 32.7 Å². The lowest BCUT2D eigenvalue weighted by Gasteiger charge is -2.36. The molecule has 0 bridgehead atoms. The van der Waals surface area contributed by atoms with Gasteiger partial charge >= 0.3 is 0 Å². The van der Waals surface area contributed by atoms with Crippen LogP contribution in [0.15, 0.2) is 42.1 Å². The molecule has 1 saturated heterocycles. The summed E-state index contributed by atoms with van der Waals surface area (Å²) < 4.78 is 0. The summed E-state index contributed by atoms with van der Waals surface area (Å²) in [7, 11) is 0. The molecule has 0 unspecified atom stereocenters. The SMILES string of the molecule is CCN(/C=C(/C#N)C(=O)N1CCN(Cc2ccccc2)CC1)C(C)(C)C. The Morgan fingerprint density at radius 1 is 1.19 bits per heavy atom. The molecule has 0 spiro atoms. The number of benzene rings is 1. The molecule has 1 aliphatic rings. The zero-order valence-electron chi connectivity index (χ0n) is 16.4. The Morgan fingerprint density at radius 2 is 1.81 bits per heavy atom. The Bertz CT molecular complexity index is 661. The average Bonchev–Trinajstić information content (AvgIpc) is 2.62. The minimum Gasteiger partial charge on any atom is -0.372 e. The van der Waals surface area contributed by atoms with Crippen LogP contribution in [0.3, 0.4) is 0 Å². The van der Waals surface area contributed by atoms with E-state index >= 15 is 0 Å². The molecule has 2 rings (SSSR count). The summed E-state index contributed by atoms with van der Waals surface area (Å²) in [5.41, 5.74) is 1.39. The molecule has 1 aromatic carbocycles. The van der Waals surface area contributed by atoms with Crippen LogP contribution in [0.25, 0.3) is 0 Å². The molecular weight excluding hydrogens is 324 g/mol. The summed E-state index contributed by atoms with van der Waals surface area (Å²) in [5.74, 6) is -0.158. The van der Waals surface area contributed by atoms with Crippen LogP contribution in [0.2, 0.25) is 0 Å². The zero-order chi connectivity index (χ0) is 19.2. The highest BCUT2D eigenvalue weighted by atomic mass is 16.2. The Labute approximate surface area is 157 Å². The van der Waals surface area contributed by atoms with E-state index < -0.39 is 0 Å². The summed E-state index contributed by atoms with van der Waals surface area (Å²) in [4.78, 5) is 18.9. The smallest absolute Gasteiger partial charge is 0.266 e. The summed E-state index contributed by atoms with van der Waals surface area (Å²) in [6.07, 6.45) is 1.72. The Balaban J connectivity index is 1.97. The molecule has 1 aromatic rings. The van der Waals surface area contributed by atoms with Crippen molar-refractivity contribution in [2.45, 2.75) is 39.8 Å². The zero-order valence-corrected chi connectivity index (χ0v) is 16.4. The molecule has 5 heteroatoms. The van der Waals surface area contributed by atoms with Gasteiger partial charge in [0.25, 0.3) is 5.91 Å². The third-order valence-electron chi connectivity index (χ3n) is 4.75. The van der Waals surface area contributed by atoms with Crippen LogP contribution < -0.4 is 0 Å². The first-order valence-corrected chi connectivity index (χ1v) is 9.29. The van der Waals surface area contributed by atoms with Gasteiger partial charge in [0, 0.05) is 51.0 Å². The second-order valence-corrected chi connectivity index (χ2v) is 7.67. The predicted octanol–water partition coefficient (Wildman–Crippen LogP) is 2.86. The van der Waals surface area contributed by atoms with Gasteiger partial charge in [0.1, 0.15) is 11.6 Å². The molecule has 0 aliphatic carbocycles. The standard InChI is InChI=1S/C21H30N4O/c1-5-25(21(2,3)4)17-19(15-22)20(26)24-13-11-23(12-14-24)16-18-9-7-6-8-10-18/h6-10,17H,5,11-14,16H2,1-4H3/b19-17-. The highest BCUT2D eigenvalue weighted by Crippen LogP contribution is 2.16. The molecule has 1 fully saturated rings. The van der Waals surface area contributed by atoms with Crippen molar-refractivity contribution in [2.24, 2.45) is 0 Å². The molecule has 140 valence electrons. The van der Waals surface area contributed by atoms with Crippen LogP contribution in [0.4, 0.5) is 0 Å². The van der Waals surface area contributed by atoms with Crippen molar-refractivity contribution in [1.29, 1.82) is 5.26 Å². The number of nitrogens with zero attached hydrogens (tertiary/aromatic N) is 4. The van der Waals surface area contributed by atoms with Crippen molar-refractivity contribution in [3.05, 3.63) is 47.7 Å². The fourth-order valence-corrected chi connectivity index (χ4v) is 3.17. The molecule has 0 N–H and O–H groups in total. The number of nitriles is 1. The number of carbonyl (C=O) groups is 1. The van der Waals surface area contributed by atoms with E-state index in [2.05, 4.69) is 43.9 Å². The van der Waals surface area contributed by atoms with Gasteiger partial charge in [-0.15, -0.1) is 0 Å². The topological polar surface area (TPSA) is 50.6 Å². The van der Waals surface area contributed by atoms with Gasteiger partial charge < -0.3 is 9.80 Å². The van der Waals surface area contributed by atoms with E-state index in [1.165, 1.54) is 5.56 Å². The first-order chi connectivity index (χ1) is 12.3. The van der Waals surface area contributed by atoms with Crippen LogP contribution in [0.5, 0.6) is 0 Å². The normalized spacial score (nSPS) is 16.3. The average molecular weight is 354 g/mol. The fourth-order valence-electron chi connectivity index (χ4n) is 3.17. The van der Waals surface area contributed by atoms with E-state index in [9.17, 15) is 10.1 Å². The van der Waals surface area contributed by atoms with Crippen molar-refractivity contribution in [3.8, 4) is 6.07 Å². The van der Waals surface area contributed by atoms with Gasteiger partial charge in [-0.05, 0) is 33.3 Å². The predicted molar refractivity (Wildman–Crippen MR) is 104 cm³/mol. The van der Waals surface area contributed by atoms with Crippen LogP contribution in [-0.4, -0.2) is 58.9 Å². The number of piperazine rings is 1. The third-order valence-corrected chi connectivity index (χ3v) is 4.75. The lowest BCUT2D eigenvalue weighted by molar-refractivity contribution is -0.128. The van der Waals surface area contributed by atoms with Crippen LogP contribution in [0.1, 0.15) is 33.3 Å². The van der Waals surface area contributed by atoms with E-state index in [0.29, 0.717) is 13.1 Å². The van der Waals surface area contributed by atoms with Gasteiger partial charge in [0.2, 0.25) is 0 Å². The van der Waals surface area contributed by atoms with Crippen molar-refractivity contribution in [1.82, 2.24) is 14.7 Å². The first-order valence-electron chi connectivity index (χ1n) is 9.29. The van der Waals surface area contributed by atoms with E-state index in [0.717, 1.165) is 26.2 Å². The lowest BCUT2D eigenvalue weighted by atomic mass is 10.1. The molecule has 26 heavy (non-hydrogen) atoms. The molecule has 0 radical (unpaired) electrons. The van der Waals surface area contributed by atoms with E-state index in [-0.39, 0.29) is 17.0 Å². The molecule has 1 heterocycles. The highest BCUT2D eigenvalue weighted by molar-refractivity contribution is 5.97. The molecule has 1 amide bonds. The largest absolute Gasteiger partial charge is 0.372 e. The monoisotopic (exact) mass is 354 g/mol. The Morgan fingerprint density at radius 3 is 2.31 bits per heavy atom. The van der Waals surface area contributed by atoms with E-state index in [1.807, 2.05) is 30.0 Å². The number of hydrogen-bond acceptors (Lipinski definition) is 4. The van der Waals surface area contributed by atoms with Crippen molar-refractivity contribution in [3.63, 3.8) is 0 Å². The van der Waals surface area contributed by atoms with Gasteiger partial charge in [-0.1, -0.05) is 30.3 Å². The van der Waals surface area contributed by atoms with Crippen LogP contribution in [0, 0.1) is 11.3 Å². The summed E-state index contributed by atoms with van der Waals surface area (Å²) >= 11 is 0. The number of carbonyl (C=O) groups excluding carboxylic acids is 1. The van der Waals surface area contributed by atoms with Gasteiger partial charge in [-0.3, -0.25) is 9.69 Å².